The highest BCUT2D eigenvalue weighted by atomic mass is 16.5. The quantitative estimate of drug-likeness (QED) is 0.688. The van der Waals surface area contributed by atoms with Gasteiger partial charge >= 0.3 is 0 Å². The fourth-order valence-corrected chi connectivity index (χ4v) is 3.83. The summed E-state index contributed by atoms with van der Waals surface area (Å²) in [5.41, 5.74) is 2.89. The third kappa shape index (κ3) is 3.14. The summed E-state index contributed by atoms with van der Waals surface area (Å²) in [7, 11) is 3.32. The normalized spacial score (nSPS) is 16.7. The number of rotatable bonds is 4. The SMILES string of the molecule is COc1ccc(OC)c([C@H]2CCN(C(=O)c3cc4cccc(C)c4o3)C2)c1. The summed E-state index contributed by atoms with van der Waals surface area (Å²) >= 11 is 0. The molecule has 1 atom stereocenters. The van der Waals surface area contributed by atoms with Crippen LogP contribution in [0.3, 0.4) is 0 Å². The fourth-order valence-electron chi connectivity index (χ4n) is 3.83. The van der Waals surface area contributed by atoms with Gasteiger partial charge in [-0.1, -0.05) is 18.2 Å². The molecule has 0 radical (unpaired) electrons. The van der Waals surface area contributed by atoms with Crippen LogP contribution in [0.1, 0.15) is 34.0 Å². The molecule has 5 nitrogen and oxygen atoms in total. The number of furan rings is 1. The maximum absolute atomic E-state index is 13.0. The summed E-state index contributed by atoms with van der Waals surface area (Å²) in [5.74, 6) is 2.18. The lowest BCUT2D eigenvalue weighted by Gasteiger charge is -2.17. The van der Waals surface area contributed by atoms with E-state index in [0.29, 0.717) is 18.8 Å². The lowest BCUT2D eigenvalue weighted by atomic mass is 9.97. The minimum absolute atomic E-state index is 0.0602. The average molecular weight is 365 g/mol. The van der Waals surface area contributed by atoms with Gasteiger partial charge in [-0.05, 0) is 43.2 Å². The molecule has 0 spiro atoms. The number of hydrogen-bond acceptors (Lipinski definition) is 4. The van der Waals surface area contributed by atoms with E-state index in [-0.39, 0.29) is 11.8 Å². The van der Waals surface area contributed by atoms with Crippen LogP contribution in [-0.4, -0.2) is 38.1 Å². The molecule has 1 aliphatic heterocycles. The zero-order valence-corrected chi connectivity index (χ0v) is 15.8. The molecule has 1 fully saturated rings. The molecule has 0 aliphatic carbocycles. The first kappa shape index (κ1) is 17.5. The second kappa shape index (κ2) is 6.99. The van der Waals surface area contributed by atoms with E-state index in [1.165, 1.54) is 0 Å². The van der Waals surface area contributed by atoms with Crippen molar-refractivity contribution >= 4 is 16.9 Å². The Labute approximate surface area is 158 Å². The van der Waals surface area contributed by atoms with Crippen molar-refractivity contribution in [2.24, 2.45) is 0 Å². The largest absolute Gasteiger partial charge is 0.497 e. The topological polar surface area (TPSA) is 51.9 Å². The number of nitrogens with zero attached hydrogens (tertiary/aromatic N) is 1. The van der Waals surface area contributed by atoms with Crippen LogP contribution in [0, 0.1) is 6.92 Å². The highest BCUT2D eigenvalue weighted by Gasteiger charge is 2.31. The van der Waals surface area contributed by atoms with E-state index >= 15 is 0 Å². The van der Waals surface area contributed by atoms with Gasteiger partial charge in [0.05, 0.1) is 14.2 Å². The molecule has 5 heteroatoms. The number of methoxy groups -OCH3 is 2. The van der Waals surface area contributed by atoms with E-state index in [2.05, 4.69) is 0 Å². The van der Waals surface area contributed by atoms with Gasteiger partial charge in [0, 0.05) is 30.0 Å². The van der Waals surface area contributed by atoms with Gasteiger partial charge in [-0.2, -0.15) is 0 Å². The van der Waals surface area contributed by atoms with Crippen molar-refractivity contribution in [3.05, 3.63) is 59.4 Å². The highest BCUT2D eigenvalue weighted by molar-refractivity contribution is 5.96. The first-order valence-electron chi connectivity index (χ1n) is 9.11. The Balaban J connectivity index is 1.57. The lowest BCUT2D eigenvalue weighted by Crippen LogP contribution is -2.28. The predicted octanol–water partition coefficient (Wildman–Crippen LogP) is 4.39. The molecule has 2 heterocycles. The van der Waals surface area contributed by atoms with Crippen molar-refractivity contribution in [3.63, 3.8) is 0 Å². The van der Waals surface area contributed by atoms with Crippen LogP contribution in [0.4, 0.5) is 0 Å². The van der Waals surface area contributed by atoms with Gasteiger partial charge < -0.3 is 18.8 Å². The number of likely N-dealkylation sites (tertiary alicyclic amines) is 1. The van der Waals surface area contributed by atoms with Crippen LogP contribution >= 0.6 is 0 Å². The molecule has 0 saturated carbocycles. The van der Waals surface area contributed by atoms with Crippen LogP contribution in [0.15, 0.2) is 46.9 Å². The molecule has 27 heavy (non-hydrogen) atoms. The van der Waals surface area contributed by atoms with Gasteiger partial charge in [-0.15, -0.1) is 0 Å². The number of fused-ring (bicyclic) bond motifs is 1. The van der Waals surface area contributed by atoms with Gasteiger partial charge in [0.15, 0.2) is 5.76 Å². The minimum atomic E-state index is -0.0602. The smallest absolute Gasteiger partial charge is 0.289 e. The maximum Gasteiger partial charge on any atom is 0.289 e. The van der Waals surface area contributed by atoms with Crippen molar-refractivity contribution in [1.82, 2.24) is 4.90 Å². The number of para-hydroxylation sites is 1. The van der Waals surface area contributed by atoms with Crippen molar-refractivity contribution in [1.29, 1.82) is 0 Å². The average Bonchev–Trinajstić information content (AvgIpc) is 3.35. The molecule has 1 saturated heterocycles. The van der Waals surface area contributed by atoms with Crippen LogP contribution in [0.2, 0.25) is 0 Å². The van der Waals surface area contributed by atoms with Crippen LogP contribution in [0.5, 0.6) is 11.5 Å². The first-order valence-corrected chi connectivity index (χ1v) is 9.11. The number of hydrogen-bond donors (Lipinski definition) is 0. The molecule has 0 N–H and O–H groups in total. The van der Waals surface area contributed by atoms with E-state index in [4.69, 9.17) is 13.9 Å². The Morgan fingerprint density at radius 3 is 2.74 bits per heavy atom. The zero-order valence-electron chi connectivity index (χ0n) is 15.8. The highest BCUT2D eigenvalue weighted by Crippen LogP contribution is 2.36. The van der Waals surface area contributed by atoms with Crippen LogP contribution in [0.25, 0.3) is 11.0 Å². The van der Waals surface area contributed by atoms with Gasteiger partial charge in [0.1, 0.15) is 17.1 Å². The molecule has 2 aromatic carbocycles. The lowest BCUT2D eigenvalue weighted by molar-refractivity contribution is 0.0761. The van der Waals surface area contributed by atoms with Gasteiger partial charge in [-0.25, -0.2) is 0 Å². The zero-order chi connectivity index (χ0) is 19.0. The second-order valence-electron chi connectivity index (χ2n) is 6.95. The van der Waals surface area contributed by atoms with E-state index in [0.717, 1.165) is 40.0 Å². The van der Waals surface area contributed by atoms with Gasteiger partial charge in [0.25, 0.3) is 5.91 Å². The second-order valence-corrected chi connectivity index (χ2v) is 6.95. The van der Waals surface area contributed by atoms with Crippen molar-refractivity contribution in [2.75, 3.05) is 27.3 Å². The number of amides is 1. The van der Waals surface area contributed by atoms with E-state index in [1.807, 2.05) is 54.3 Å². The van der Waals surface area contributed by atoms with Crippen molar-refractivity contribution < 1.29 is 18.7 Å². The number of ether oxygens (including phenoxy) is 2. The summed E-state index contributed by atoms with van der Waals surface area (Å²) in [4.78, 5) is 14.8. The Morgan fingerprint density at radius 2 is 2.00 bits per heavy atom. The Kier molecular flexibility index (Phi) is 4.52. The molecule has 0 unspecified atom stereocenters. The van der Waals surface area contributed by atoms with Crippen LogP contribution in [-0.2, 0) is 0 Å². The van der Waals surface area contributed by atoms with Crippen molar-refractivity contribution in [3.8, 4) is 11.5 Å². The summed E-state index contributed by atoms with van der Waals surface area (Å²) in [6.45, 7) is 3.32. The molecule has 1 aliphatic rings. The molecular weight excluding hydrogens is 342 g/mol. The Morgan fingerprint density at radius 1 is 1.15 bits per heavy atom. The maximum atomic E-state index is 13.0. The number of carbonyl (C=O) groups is 1. The molecule has 3 aromatic rings. The number of aryl methyl sites for hydroxylation is 1. The Hall–Kier alpha value is -2.95. The van der Waals surface area contributed by atoms with E-state index < -0.39 is 0 Å². The molecule has 4 rings (SSSR count). The van der Waals surface area contributed by atoms with Gasteiger partial charge in [0.2, 0.25) is 0 Å². The summed E-state index contributed by atoms with van der Waals surface area (Å²) in [5, 5.41) is 0.962. The molecule has 1 aromatic heterocycles. The third-order valence-electron chi connectivity index (χ3n) is 5.30. The molecule has 1 amide bonds. The van der Waals surface area contributed by atoms with E-state index in [9.17, 15) is 4.79 Å². The standard InChI is InChI=1S/C22H23NO4/c1-14-5-4-6-15-11-20(27-21(14)15)22(24)23-10-9-16(13-23)18-12-17(25-2)7-8-19(18)26-3/h4-8,11-12,16H,9-10,13H2,1-3H3/t16-/m0/s1. The van der Waals surface area contributed by atoms with Gasteiger partial charge in [-0.3, -0.25) is 4.79 Å². The Bertz CT molecular complexity index is 991. The first-order chi connectivity index (χ1) is 13.1. The monoisotopic (exact) mass is 365 g/mol. The van der Waals surface area contributed by atoms with Crippen LogP contribution < -0.4 is 9.47 Å². The number of carbonyl (C=O) groups excluding carboxylic acids is 1. The third-order valence-corrected chi connectivity index (χ3v) is 5.30. The van der Waals surface area contributed by atoms with Crippen molar-refractivity contribution in [2.45, 2.75) is 19.3 Å². The summed E-state index contributed by atoms with van der Waals surface area (Å²) in [6.07, 6.45) is 0.883. The molecular formula is C22H23NO4. The number of benzene rings is 2. The molecule has 140 valence electrons. The predicted molar refractivity (Wildman–Crippen MR) is 104 cm³/mol. The fraction of sp³-hybridized carbons (Fsp3) is 0.318. The molecule has 0 bridgehead atoms. The van der Waals surface area contributed by atoms with E-state index in [1.54, 1.807) is 14.2 Å². The minimum Gasteiger partial charge on any atom is -0.497 e. The summed E-state index contributed by atoms with van der Waals surface area (Å²) in [6, 6.07) is 13.6. The summed E-state index contributed by atoms with van der Waals surface area (Å²) < 4.78 is 16.7.